The minimum absolute atomic E-state index is 0.848. The topological polar surface area (TPSA) is 17.8 Å². The molecular formula is C23H19BrN2. The van der Waals surface area contributed by atoms with E-state index in [9.17, 15) is 0 Å². The summed E-state index contributed by atoms with van der Waals surface area (Å²) in [6.07, 6.45) is 0. The molecule has 0 fully saturated rings. The predicted molar refractivity (Wildman–Crippen MR) is 112 cm³/mol. The van der Waals surface area contributed by atoms with Gasteiger partial charge in [0.15, 0.2) is 0 Å². The Bertz CT molecular complexity index is 1020. The van der Waals surface area contributed by atoms with Crippen molar-refractivity contribution in [3.63, 3.8) is 0 Å². The molecule has 4 rings (SSSR count). The lowest BCUT2D eigenvalue weighted by molar-refractivity contribution is 0.778. The van der Waals surface area contributed by atoms with E-state index in [1.165, 1.54) is 5.56 Å². The van der Waals surface area contributed by atoms with Crippen LogP contribution >= 0.6 is 15.9 Å². The van der Waals surface area contributed by atoms with Gasteiger partial charge in [-0.1, -0.05) is 94.8 Å². The summed E-state index contributed by atoms with van der Waals surface area (Å²) < 4.78 is 3.36. The normalized spacial score (nSPS) is 10.8. The van der Waals surface area contributed by atoms with Gasteiger partial charge in [0.1, 0.15) is 5.82 Å². The molecule has 2 nitrogen and oxygen atoms in total. The minimum Gasteiger partial charge on any atom is -0.324 e. The Hall–Kier alpha value is -2.65. The Morgan fingerprint density at radius 3 is 1.96 bits per heavy atom. The number of benzene rings is 3. The molecule has 0 aliphatic rings. The van der Waals surface area contributed by atoms with Crippen LogP contribution in [0.5, 0.6) is 0 Å². The zero-order chi connectivity index (χ0) is 17.9. The maximum atomic E-state index is 5.09. The van der Waals surface area contributed by atoms with Gasteiger partial charge in [-0.25, -0.2) is 4.98 Å². The number of aromatic nitrogens is 2. The van der Waals surface area contributed by atoms with E-state index < -0.39 is 0 Å². The van der Waals surface area contributed by atoms with Crippen molar-refractivity contribution in [2.75, 3.05) is 0 Å². The molecule has 0 bridgehead atoms. The minimum atomic E-state index is 0.848. The van der Waals surface area contributed by atoms with Crippen LogP contribution in [0.2, 0.25) is 0 Å². The fraction of sp³-hybridized carbons (Fsp3) is 0.0870. The van der Waals surface area contributed by atoms with Gasteiger partial charge < -0.3 is 4.57 Å². The lowest BCUT2D eigenvalue weighted by atomic mass is 10.0. The summed E-state index contributed by atoms with van der Waals surface area (Å²) in [4.78, 5) is 5.09. The first kappa shape index (κ1) is 16.8. The van der Waals surface area contributed by atoms with E-state index in [1.807, 2.05) is 18.2 Å². The molecule has 0 aliphatic carbocycles. The summed E-state index contributed by atoms with van der Waals surface area (Å²) in [5.41, 5.74) is 5.59. The van der Waals surface area contributed by atoms with Gasteiger partial charge in [-0.05, 0) is 13.0 Å². The Morgan fingerprint density at radius 2 is 1.35 bits per heavy atom. The van der Waals surface area contributed by atoms with Crippen LogP contribution in [0, 0.1) is 0 Å². The van der Waals surface area contributed by atoms with Gasteiger partial charge in [0.2, 0.25) is 0 Å². The van der Waals surface area contributed by atoms with Gasteiger partial charge in [0, 0.05) is 27.7 Å². The van der Waals surface area contributed by atoms with Gasteiger partial charge in [-0.3, -0.25) is 0 Å². The SMILES string of the molecule is CCn1c(-c2ccccc2Br)nc(-c2ccccc2)c1-c1ccccc1. The van der Waals surface area contributed by atoms with E-state index >= 15 is 0 Å². The molecule has 1 heterocycles. The molecule has 1 aromatic heterocycles. The average molecular weight is 403 g/mol. The van der Waals surface area contributed by atoms with Crippen molar-refractivity contribution in [3.8, 4) is 33.9 Å². The van der Waals surface area contributed by atoms with Crippen LogP contribution in [0.1, 0.15) is 6.92 Å². The first-order valence-electron chi connectivity index (χ1n) is 8.76. The van der Waals surface area contributed by atoms with Crippen molar-refractivity contribution in [2.45, 2.75) is 13.5 Å². The Morgan fingerprint density at radius 1 is 0.769 bits per heavy atom. The maximum absolute atomic E-state index is 5.09. The van der Waals surface area contributed by atoms with Crippen molar-refractivity contribution >= 4 is 15.9 Å². The first-order valence-corrected chi connectivity index (χ1v) is 9.55. The van der Waals surface area contributed by atoms with Gasteiger partial charge >= 0.3 is 0 Å². The summed E-state index contributed by atoms with van der Waals surface area (Å²) >= 11 is 3.69. The third kappa shape index (κ3) is 2.99. The zero-order valence-corrected chi connectivity index (χ0v) is 16.1. The van der Waals surface area contributed by atoms with E-state index in [-0.39, 0.29) is 0 Å². The number of imidazole rings is 1. The van der Waals surface area contributed by atoms with Crippen LogP contribution in [-0.4, -0.2) is 9.55 Å². The molecule has 128 valence electrons. The molecule has 0 saturated heterocycles. The van der Waals surface area contributed by atoms with Gasteiger partial charge in [-0.15, -0.1) is 0 Å². The fourth-order valence-corrected chi connectivity index (χ4v) is 3.76. The number of rotatable bonds is 4. The van der Waals surface area contributed by atoms with E-state index in [0.29, 0.717) is 0 Å². The lowest BCUT2D eigenvalue weighted by Gasteiger charge is -2.11. The third-order valence-electron chi connectivity index (χ3n) is 4.49. The molecule has 3 heteroatoms. The molecule has 4 aromatic rings. The standard InChI is InChI=1S/C23H19BrN2/c1-2-26-22(18-13-7-4-8-14-18)21(17-11-5-3-6-12-17)25-23(26)19-15-9-10-16-20(19)24/h3-16H,2H2,1H3. The summed E-state index contributed by atoms with van der Waals surface area (Å²) in [5.74, 6) is 0.984. The monoisotopic (exact) mass is 402 g/mol. The molecule has 0 unspecified atom stereocenters. The number of halogens is 1. The highest BCUT2D eigenvalue weighted by molar-refractivity contribution is 9.10. The zero-order valence-electron chi connectivity index (χ0n) is 14.6. The molecule has 0 radical (unpaired) electrons. The Balaban J connectivity index is 2.04. The highest BCUT2D eigenvalue weighted by atomic mass is 79.9. The molecule has 0 spiro atoms. The smallest absolute Gasteiger partial charge is 0.142 e. The molecule has 0 atom stereocenters. The van der Waals surface area contributed by atoms with E-state index in [0.717, 1.165) is 39.4 Å². The summed E-state index contributed by atoms with van der Waals surface area (Å²) in [5, 5.41) is 0. The highest BCUT2D eigenvalue weighted by Gasteiger charge is 2.21. The molecule has 26 heavy (non-hydrogen) atoms. The largest absolute Gasteiger partial charge is 0.324 e. The summed E-state index contributed by atoms with van der Waals surface area (Å²) in [6.45, 7) is 3.02. The second-order valence-corrected chi connectivity index (χ2v) is 6.94. The highest BCUT2D eigenvalue weighted by Crippen LogP contribution is 2.37. The molecule has 0 aliphatic heterocycles. The molecule has 0 N–H and O–H groups in total. The molecular weight excluding hydrogens is 384 g/mol. The number of nitrogens with zero attached hydrogens (tertiary/aromatic N) is 2. The molecule has 0 saturated carbocycles. The van der Waals surface area contributed by atoms with Crippen LogP contribution in [-0.2, 0) is 6.54 Å². The van der Waals surface area contributed by atoms with Crippen LogP contribution in [0.3, 0.4) is 0 Å². The van der Waals surface area contributed by atoms with Crippen LogP contribution in [0.4, 0.5) is 0 Å². The lowest BCUT2D eigenvalue weighted by Crippen LogP contribution is -2.00. The fourth-order valence-electron chi connectivity index (χ4n) is 3.29. The van der Waals surface area contributed by atoms with E-state index in [2.05, 4.69) is 94.2 Å². The second kappa shape index (κ2) is 7.30. The summed E-state index contributed by atoms with van der Waals surface area (Å²) in [6, 6.07) is 29.2. The molecule has 0 amide bonds. The van der Waals surface area contributed by atoms with Crippen molar-refractivity contribution in [3.05, 3.63) is 89.4 Å². The van der Waals surface area contributed by atoms with E-state index in [4.69, 9.17) is 4.98 Å². The van der Waals surface area contributed by atoms with Crippen molar-refractivity contribution < 1.29 is 0 Å². The molecule has 3 aromatic carbocycles. The number of hydrogen-bond acceptors (Lipinski definition) is 1. The van der Waals surface area contributed by atoms with Crippen LogP contribution < -0.4 is 0 Å². The van der Waals surface area contributed by atoms with Crippen molar-refractivity contribution in [2.24, 2.45) is 0 Å². The van der Waals surface area contributed by atoms with Gasteiger partial charge in [0.25, 0.3) is 0 Å². The predicted octanol–water partition coefficient (Wildman–Crippen LogP) is 6.67. The van der Waals surface area contributed by atoms with Gasteiger partial charge in [0.05, 0.1) is 11.4 Å². The van der Waals surface area contributed by atoms with Crippen LogP contribution in [0.15, 0.2) is 89.4 Å². The van der Waals surface area contributed by atoms with Crippen molar-refractivity contribution in [1.82, 2.24) is 9.55 Å². The third-order valence-corrected chi connectivity index (χ3v) is 5.18. The summed E-state index contributed by atoms with van der Waals surface area (Å²) in [7, 11) is 0. The first-order chi connectivity index (χ1) is 12.8. The quantitative estimate of drug-likeness (QED) is 0.372. The maximum Gasteiger partial charge on any atom is 0.142 e. The van der Waals surface area contributed by atoms with E-state index in [1.54, 1.807) is 0 Å². The number of hydrogen-bond donors (Lipinski definition) is 0. The second-order valence-electron chi connectivity index (χ2n) is 6.09. The average Bonchev–Trinajstić information content (AvgIpc) is 3.09. The van der Waals surface area contributed by atoms with Crippen LogP contribution in [0.25, 0.3) is 33.9 Å². The van der Waals surface area contributed by atoms with Gasteiger partial charge in [-0.2, -0.15) is 0 Å². The van der Waals surface area contributed by atoms with Crippen molar-refractivity contribution in [1.29, 1.82) is 0 Å². The Labute approximate surface area is 162 Å². The Kier molecular flexibility index (Phi) is 4.72.